The molecule has 1 aliphatic rings. The number of imide groups is 1. The molecule has 1 aromatic carbocycles. The highest BCUT2D eigenvalue weighted by Gasteiger charge is 2.43. The number of ether oxygens (including phenoxy) is 1. The molecule has 0 unspecified atom stereocenters. The second-order valence-corrected chi connectivity index (χ2v) is 6.70. The zero-order valence-corrected chi connectivity index (χ0v) is 16.4. The van der Waals surface area contributed by atoms with Crippen molar-refractivity contribution in [1.82, 2.24) is 5.06 Å². The van der Waals surface area contributed by atoms with Crippen molar-refractivity contribution in [3.63, 3.8) is 0 Å². The zero-order chi connectivity index (χ0) is 20.1. The number of amides is 2. The van der Waals surface area contributed by atoms with Gasteiger partial charge < -0.3 is 9.57 Å². The summed E-state index contributed by atoms with van der Waals surface area (Å²) < 4.78 is 5.63. The predicted octanol–water partition coefficient (Wildman–Crippen LogP) is 3.68. The normalized spacial score (nSPS) is 15.1. The highest BCUT2D eigenvalue weighted by molar-refractivity contribution is 6.35. The summed E-state index contributed by atoms with van der Waals surface area (Å²) in [5.74, 6) is -1.40. The number of hydrogen-bond donors (Lipinski definition) is 0. The molecule has 0 saturated heterocycles. The van der Waals surface area contributed by atoms with Gasteiger partial charge in [-0.3, -0.25) is 9.59 Å². The first-order chi connectivity index (χ1) is 12.8. The van der Waals surface area contributed by atoms with Crippen LogP contribution in [0, 0.1) is 5.92 Å². The highest BCUT2D eigenvalue weighted by Crippen LogP contribution is 2.35. The van der Waals surface area contributed by atoms with Crippen LogP contribution in [0.2, 0.25) is 0 Å². The SMILES string of the molecule is CC[C@H](C)C1=C(c2ccc(OCC=C(C)C)cc2)C(=O)N(OC(C)=O)C1=O. The first kappa shape index (κ1) is 20.4. The molecule has 0 N–H and O–H groups in total. The van der Waals surface area contributed by atoms with E-state index in [9.17, 15) is 14.4 Å². The van der Waals surface area contributed by atoms with Crippen molar-refractivity contribution in [2.24, 2.45) is 5.92 Å². The summed E-state index contributed by atoms with van der Waals surface area (Å²) in [6.07, 6.45) is 2.64. The maximum atomic E-state index is 12.7. The van der Waals surface area contributed by atoms with E-state index in [1.165, 1.54) is 0 Å². The van der Waals surface area contributed by atoms with Gasteiger partial charge in [-0.15, -0.1) is 0 Å². The number of rotatable bonds is 7. The number of carbonyl (C=O) groups is 3. The summed E-state index contributed by atoms with van der Waals surface area (Å²) in [6, 6.07) is 6.97. The molecular formula is C21H25NO5. The molecule has 1 aromatic rings. The van der Waals surface area contributed by atoms with Gasteiger partial charge in [-0.2, -0.15) is 0 Å². The lowest BCUT2D eigenvalue weighted by molar-refractivity contribution is -0.194. The minimum atomic E-state index is -0.718. The van der Waals surface area contributed by atoms with Crippen molar-refractivity contribution < 1.29 is 24.0 Å². The highest BCUT2D eigenvalue weighted by atomic mass is 16.7. The fourth-order valence-electron chi connectivity index (χ4n) is 2.70. The van der Waals surface area contributed by atoms with E-state index >= 15 is 0 Å². The molecule has 27 heavy (non-hydrogen) atoms. The van der Waals surface area contributed by atoms with Crippen LogP contribution in [0.3, 0.4) is 0 Å². The molecular weight excluding hydrogens is 346 g/mol. The maximum Gasteiger partial charge on any atom is 0.330 e. The number of hydroxylamine groups is 2. The Kier molecular flexibility index (Phi) is 6.55. The molecule has 6 heteroatoms. The number of hydrogen-bond acceptors (Lipinski definition) is 5. The predicted molar refractivity (Wildman–Crippen MR) is 101 cm³/mol. The van der Waals surface area contributed by atoms with Crippen molar-refractivity contribution >= 4 is 23.4 Å². The smallest absolute Gasteiger partial charge is 0.330 e. The molecule has 0 saturated carbocycles. The minimum Gasteiger partial charge on any atom is -0.490 e. The first-order valence-corrected chi connectivity index (χ1v) is 8.94. The minimum absolute atomic E-state index is 0.148. The quantitative estimate of drug-likeness (QED) is 0.540. The standard InChI is InChI=1S/C21H25NO5/c1-6-14(4)18-19(21(25)22(20(18)24)27-15(5)23)16-7-9-17(10-8-16)26-12-11-13(2)3/h7-11,14H,6,12H2,1-5H3/t14-/m0/s1. The molecule has 0 bridgehead atoms. The van der Waals surface area contributed by atoms with Gasteiger partial charge in [-0.1, -0.05) is 36.6 Å². The fraction of sp³-hybridized carbons (Fsp3) is 0.381. The maximum absolute atomic E-state index is 12.7. The summed E-state index contributed by atoms with van der Waals surface area (Å²) in [5.41, 5.74) is 2.39. The Balaban J connectivity index is 2.35. The number of nitrogens with zero attached hydrogens (tertiary/aromatic N) is 1. The average molecular weight is 371 g/mol. The van der Waals surface area contributed by atoms with Crippen LogP contribution in [0.4, 0.5) is 0 Å². The Morgan fingerprint density at radius 3 is 2.26 bits per heavy atom. The van der Waals surface area contributed by atoms with E-state index in [1.807, 2.05) is 33.8 Å². The molecule has 2 amide bonds. The summed E-state index contributed by atoms with van der Waals surface area (Å²) in [4.78, 5) is 41.5. The van der Waals surface area contributed by atoms with Gasteiger partial charge in [0.05, 0.1) is 5.57 Å². The van der Waals surface area contributed by atoms with Crippen LogP contribution in [0.5, 0.6) is 5.75 Å². The molecule has 0 fully saturated rings. The topological polar surface area (TPSA) is 72.9 Å². The largest absolute Gasteiger partial charge is 0.490 e. The van der Waals surface area contributed by atoms with Crippen molar-refractivity contribution in [1.29, 1.82) is 0 Å². The van der Waals surface area contributed by atoms with Crippen molar-refractivity contribution in [2.45, 2.75) is 41.0 Å². The van der Waals surface area contributed by atoms with Gasteiger partial charge in [0.2, 0.25) is 0 Å². The molecule has 0 spiro atoms. The third-order valence-electron chi connectivity index (χ3n) is 4.29. The average Bonchev–Trinajstić information content (AvgIpc) is 2.85. The molecule has 0 aromatic heterocycles. The number of allylic oxidation sites excluding steroid dienone is 1. The molecule has 1 aliphatic heterocycles. The fourth-order valence-corrected chi connectivity index (χ4v) is 2.70. The van der Waals surface area contributed by atoms with E-state index in [0.29, 0.717) is 35.0 Å². The van der Waals surface area contributed by atoms with Crippen LogP contribution >= 0.6 is 0 Å². The van der Waals surface area contributed by atoms with Gasteiger partial charge in [0.1, 0.15) is 12.4 Å². The van der Waals surface area contributed by atoms with Gasteiger partial charge in [0, 0.05) is 12.5 Å². The summed E-state index contributed by atoms with van der Waals surface area (Å²) in [7, 11) is 0. The van der Waals surface area contributed by atoms with E-state index in [1.54, 1.807) is 24.3 Å². The third kappa shape index (κ3) is 4.64. The van der Waals surface area contributed by atoms with Gasteiger partial charge in [-0.05, 0) is 50.0 Å². The molecule has 2 rings (SSSR count). The Labute approximate surface area is 159 Å². The van der Waals surface area contributed by atoms with Crippen LogP contribution in [0.1, 0.15) is 46.6 Å². The molecule has 0 radical (unpaired) electrons. The summed E-state index contributed by atoms with van der Waals surface area (Å²) in [6.45, 7) is 9.40. The third-order valence-corrected chi connectivity index (χ3v) is 4.29. The number of carbonyl (C=O) groups excluding carboxylic acids is 3. The molecule has 6 nitrogen and oxygen atoms in total. The van der Waals surface area contributed by atoms with E-state index in [4.69, 9.17) is 9.57 Å². The Morgan fingerprint density at radius 1 is 1.11 bits per heavy atom. The first-order valence-electron chi connectivity index (χ1n) is 8.94. The van der Waals surface area contributed by atoms with E-state index < -0.39 is 17.8 Å². The van der Waals surface area contributed by atoms with Crippen LogP contribution in [0.15, 0.2) is 41.5 Å². The molecule has 1 heterocycles. The lowest BCUT2D eigenvalue weighted by Crippen LogP contribution is -2.34. The van der Waals surface area contributed by atoms with Gasteiger partial charge in [-0.25, -0.2) is 4.79 Å². The second-order valence-electron chi connectivity index (χ2n) is 6.70. The van der Waals surface area contributed by atoms with E-state index in [2.05, 4.69) is 0 Å². The van der Waals surface area contributed by atoms with Crippen LogP contribution in [-0.4, -0.2) is 29.5 Å². The van der Waals surface area contributed by atoms with E-state index in [-0.39, 0.29) is 11.5 Å². The summed E-state index contributed by atoms with van der Waals surface area (Å²) in [5, 5.41) is 0.554. The molecule has 0 aliphatic carbocycles. The van der Waals surface area contributed by atoms with Crippen molar-refractivity contribution in [3.8, 4) is 5.75 Å². The monoisotopic (exact) mass is 371 g/mol. The van der Waals surface area contributed by atoms with Gasteiger partial charge in [0.25, 0.3) is 11.8 Å². The van der Waals surface area contributed by atoms with Gasteiger partial charge in [0.15, 0.2) is 0 Å². The van der Waals surface area contributed by atoms with Crippen molar-refractivity contribution in [2.75, 3.05) is 6.61 Å². The lowest BCUT2D eigenvalue weighted by Gasteiger charge is -2.13. The van der Waals surface area contributed by atoms with Crippen LogP contribution in [-0.2, 0) is 19.2 Å². The second kappa shape index (κ2) is 8.66. The van der Waals surface area contributed by atoms with E-state index in [0.717, 1.165) is 12.5 Å². The van der Waals surface area contributed by atoms with Crippen LogP contribution in [0.25, 0.3) is 5.57 Å². The Hall–Kier alpha value is -2.89. The number of benzene rings is 1. The zero-order valence-electron chi connectivity index (χ0n) is 16.4. The molecule has 144 valence electrons. The Morgan fingerprint density at radius 2 is 1.74 bits per heavy atom. The Bertz CT molecular complexity index is 800. The van der Waals surface area contributed by atoms with Crippen molar-refractivity contribution in [3.05, 3.63) is 47.1 Å². The van der Waals surface area contributed by atoms with Crippen LogP contribution < -0.4 is 4.74 Å². The summed E-state index contributed by atoms with van der Waals surface area (Å²) >= 11 is 0. The van der Waals surface area contributed by atoms with Gasteiger partial charge >= 0.3 is 5.97 Å². The molecule has 1 atom stereocenters. The lowest BCUT2D eigenvalue weighted by atomic mass is 9.91.